The maximum absolute atomic E-state index is 11.8. The average molecular weight is 403 g/mol. The molecule has 1 unspecified atom stereocenters. The summed E-state index contributed by atoms with van der Waals surface area (Å²) in [6.07, 6.45) is 8.03. The fourth-order valence-corrected chi connectivity index (χ4v) is 5.97. The van der Waals surface area contributed by atoms with Crippen molar-refractivity contribution in [2.45, 2.75) is 32.2 Å². The van der Waals surface area contributed by atoms with Crippen LogP contribution in [-0.2, 0) is 22.7 Å². The summed E-state index contributed by atoms with van der Waals surface area (Å²) in [5.74, 6) is 1.53. The number of hydrogen-bond donors (Lipinski definition) is 0. The zero-order valence-electron chi connectivity index (χ0n) is 15.6. The first-order chi connectivity index (χ1) is 12.8. The number of anilines is 1. The summed E-state index contributed by atoms with van der Waals surface area (Å²) < 4.78 is 23.6. The highest BCUT2D eigenvalue weighted by Crippen LogP contribution is 2.41. The van der Waals surface area contributed by atoms with Crippen LogP contribution < -0.4 is 4.90 Å². The van der Waals surface area contributed by atoms with Gasteiger partial charge in [-0.15, -0.1) is 11.3 Å². The Morgan fingerprint density at radius 3 is 2.81 bits per heavy atom. The highest BCUT2D eigenvalue weighted by molar-refractivity contribution is 7.90. The molecule has 0 bridgehead atoms. The van der Waals surface area contributed by atoms with Gasteiger partial charge in [-0.1, -0.05) is 0 Å². The first kappa shape index (κ1) is 18.3. The van der Waals surface area contributed by atoms with E-state index in [0.717, 1.165) is 40.9 Å². The largest absolute Gasteiger partial charge is 0.355 e. The molecule has 1 atom stereocenters. The monoisotopic (exact) mass is 402 g/mol. The number of rotatable bonds is 5. The first-order valence-electron chi connectivity index (χ1n) is 8.97. The van der Waals surface area contributed by atoms with E-state index < -0.39 is 9.84 Å². The van der Waals surface area contributed by atoms with Gasteiger partial charge in [0.1, 0.15) is 20.5 Å². The number of pyridine rings is 1. The molecule has 142 valence electrons. The Morgan fingerprint density at radius 1 is 1.30 bits per heavy atom. The summed E-state index contributed by atoms with van der Waals surface area (Å²) in [4.78, 5) is 18.2. The van der Waals surface area contributed by atoms with Crippen LogP contribution in [0, 0.1) is 0 Å². The van der Waals surface area contributed by atoms with Crippen LogP contribution in [0.2, 0.25) is 0 Å². The molecule has 3 aromatic rings. The minimum atomic E-state index is -3.08. The molecular weight excluding hydrogens is 380 g/mol. The molecule has 0 saturated heterocycles. The zero-order chi connectivity index (χ0) is 19.2. The minimum Gasteiger partial charge on any atom is -0.355 e. The van der Waals surface area contributed by atoms with Crippen molar-refractivity contribution in [2.75, 3.05) is 24.0 Å². The van der Waals surface area contributed by atoms with Gasteiger partial charge in [0.05, 0.1) is 11.1 Å². The smallest absolute Gasteiger partial charge is 0.164 e. The lowest BCUT2D eigenvalue weighted by Crippen LogP contribution is -2.35. The predicted molar refractivity (Wildman–Crippen MR) is 110 cm³/mol. The number of fused-ring (bicyclic) bond motifs is 3. The molecule has 1 aliphatic rings. The minimum absolute atomic E-state index is 0.0869. The molecule has 0 aliphatic heterocycles. The van der Waals surface area contributed by atoms with Crippen molar-refractivity contribution >= 4 is 37.2 Å². The van der Waals surface area contributed by atoms with Crippen LogP contribution in [-0.4, -0.2) is 48.5 Å². The van der Waals surface area contributed by atoms with E-state index in [4.69, 9.17) is 9.97 Å². The third-order valence-corrected chi connectivity index (χ3v) is 7.28. The average Bonchev–Trinajstić information content (AvgIpc) is 3.20. The molecule has 27 heavy (non-hydrogen) atoms. The van der Waals surface area contributed by atoms with Gasteiger partial charge in [-0.05, 0) is 43.9 Å². The Kier molecular flexibility index (Phi) is 4.63. The topological polar surface area (TPSA) is 76.1 Å². The van der Waals surface area contributed by atoms with Crippen LogP contribution >= 0.6 is 11.3 Å². The molecule has 8 heteroatoms. The third kappa shape index (κ3) is 3.55. The molecule has 6 nitrogen and oxygen atoms in total. The summed E-state index contributed by atoms with van der Waals surface area (Å²) in [5, 5.41) is 1.09. The molecular formula is C19H22N4O2S2. The van der Waals surface area contributed by atoms with Gasteiger partial charge in [-0.25, -0.2) is 18.4 Å². The molecule has 4 rings (SSSR count). The maximum Gasteiger partial charge on any atom is 0.164 e. The second-order valence-electron chi connectivity index (χ2n) is 7.20. The van der Waals surface area contributed by atoms with Gasteiger partial charge in [0.2, 0.25) is 0 Å². The SMILES string of the molecule is CC(CS(C)(=O)=O)N(C)c1nc(-c2cccnc2)nc2sc3c(c12)CCC3. The molecule has 0 saturated carbocycles. The summed E-state index contributed by atoms with van der Waals surface area (Å²) >= 11 is 1.74. The molecule has 3 heterocycles. The Morgan fingerprint density at radius 2 is 2.11 bits per heavy atom. The Hall–Kier alpha value is -2.06. The lowest BCUT2D eigenvalue weighted by Gasteiger charge is -2.26. The lowest BCUT2D eigenvalue weighted by atomic mass is 10.1. The predicted octanol–water partition coefficient (Wildman–Crippen LogP) is 3.11. The molecule has 0 aromatic carbocycles. The molecule has 0 radical (unpaired) electrons. The Balaban J connectivity index is 1.88. The highest BCUT2D eigenvalue weighted by atomic mass is 32.2. The van der Waals surface area contributed by atoms with Gasteiger partial charge in [-0.3, -0.25) is 4.98 Å². The van der Waals surface area contributed by atoms with Crippen LogP contribution in [0.4, 0.5) is 5.82 Å². The van der Waals surface area contributed by atoms with Crippen LogP contribution in [0.3, 0.4) is 0 Å². The van der Waals surface area contributed by atoms with Crippen molar-refractivity contribution in [1.29, 1.82) is 0 Å². The fraction of sp³-hybridized carbons (Fsp3) is 0.421. The van der Waals surface area contributed by atoms with Gasteiger partial charge in [0.25, 0.3) is 0 Å². The number of aryl methyl sites for hydroxylation is 2. The van der Waals surface area contributed by atoms with E-state index in [0.29, 0.717) is 5.82 Å². The van der Waals surface area contributed by atoms with E-state index in [-0.39, 0.29) is 11.8 Å². The van der Waals surface area contributed by atoms with Gasteiger partial charge < -0.3 is 4.90 Å². The standard InChI is InChI=1S/C19H22N4O2S2/c1-12(11-27(3,24)25)23(2)18-16-14-7-4-8-15(14)26-19(16)22-17(21-18)13-6-5-9-20-10-13/h5-6,9-10,12H,4,7-8,11H2,1-3H3. The number of sulfone groups is 1. The number of nitrogens with zero attached hydrogens (tertiary/aromatic N) is 4. The maximum atomic E-state index is 11.8. The van der Waals surface area contributed by atoms with E-state index >= 15 is 0 Å². The van der Waals surface area contributed by atoms with Crippen LogP contribution in [0.1, 0.15) is 23.8 Å². The van der Waals surface area contributed by atoms with Gasteiger partial charge in [0, 0.05) is 42.2 Å². The second kappa shape index (κ2) is 6.83. The molecule has 0 fully saturated rings. The van der Waals surface area contributed by atoms with Crippen molar-refractivity contribution in [3.05, 3.63) is 35.0 Å². The van der Waals surface area contributed by atoms with Crippen LogP contribution in [0.15, 0.2) is 24.5 Å². The molecule has 0 N–H and O–H groups in total. The van der Waals surface area contributed by atoms with Crippen molar-refractivity contribution in [3.63, 3.8) is 0 Å². The number of thiophene rings is 1. The van der Waals surface area contributed by atoms with Gasteiger partial charge in [0.15, 0.2) is 5.82 Å². The second-order valence-corrected chi connectivity index (χ2v) is 10.5. The molecule has 0 spiro atoms. The van der Waals surface area contributed by atoms with Crippen molar-refractivity contribution in [3.8, 4) is 11.4 Å². The summed E-state index contributed by atoms with van der Waals surface area (Å²) in [6.45, 7) is 1.92. The first-order valence-corrected chi connectivity index (χ1v) is 11.8. The molecule has 3 aromatic heterocycles. The van der Waals surface area contributed by atoms with Crippen LogP contribution in [0.25, 0.3) is 21.6 Å². The quantitative estimate of drug-likeness (QED) is 0.653. The van der Waals surface area contributed by atoms with E-state index in [1.807, 2.05) is 31.0 Å². The van der Waals surface area contributed by atoms with E-state index in [1.54, 1.807) is 23.7 Å². The Bertz CT molecular complexity index is 1090. The third-order valence-electron chi connectivity index (χ3n) is 5.00. The summed E-state index contributed by atoms with van der Waals surface area (Å²) in [5.41, 5.74) is 2.19. The van der Waals surface area contributed by atoms with Crippen molar-refractivity contribution < 1.29 is 8.42 Å². The summed E-state index contributed by atoms with van der Waals surface area (Å²) in [7, 11) is -1.16. The number of aromatic nitrogens is 3. The van der Waals surface area contributed by atoms with E-state index in [9.17, 15) is 8.42 Å². The van der Waals surface area contributed by atoms with Crippen molar-refractivity contribution in [2.24, 2.45) is 0 Å². The summed E-state index contributed by atoms with van der Waals surface area (Å²) in [6, 6.07) is 3.63. The Labute approximate surface area is 163 Å². The zero-order valence-corrected chi connectivity index (χ0v) is 17.3. The van der Waals surface area contributed by atoms with Gasteiger partial charge >= 0.3 is 0 Å². The number of hydrogen-bond acceptors (Lipinski definition) is 7. The lowest BCUT2D eigenvalue weighted by molar-refractivity contribution is 0.593. The van der Waals surface area contributed by atoms with E-state index in [1.165, 1.54) is 16.7 Å². The van der Waals surface area contributed by atoms with Crippen molar-refractivity contribution in [1.82, 2.24) is 15.0 Å². The highest BCUT2D eigenvalue weighted by Gasteiger charge is 2.26. The van der Waals surface area contributed by atoms with Crippen LogP contribution in [0.5, 0.6) is 0 Å². The molecule has 1 aliphatic carbocycles. The fourth-order valence-electron chi connectivity index (χ4n) is 3.61. The molecule has 0 amide bonds. The van der Waals surface area contributed by atoms with E-state index in [2.05, 4.69) is 4.98 Å². The normalized spacial score (nSPS) is 15.1. The van der Waals surface area contributed by atoms with Gasteiger partial charge in [-0.2, -0.15) is 0 Å².